The Kier molecular flexibility index (Phi) is 4.15. The first kappa shape index (κ1) is 16.5. The maximum Gasteiger partial charge on any atom is 0.230 e. The molecule has 4 aliphatic carbocycles. The molecule has 0 aliphatic heterocycles. The molecular formula is C21H25N3OS. The average molecular weight is 368 g/mol. The Bertz CT molecular complexity index is 796. The van der Waals surface area contributed by atoms with Gasteiger partial charge in [-0.2, -0.15) is 0 Å². The molecule has 0 unspecified atom stereocenters. The fraction of sp³-hybridized carbons (Fsp3) is 0.571. The fourth-order valence-corrected chi connectivity index (χ4v) is 6.89. The zero-order chi connectivity index (χ0) is 17.6. The molecule has 0 saturated heterocycles. The van der Waals surface area contributed by atoms with Crippen LogP contribution < -0.4 is 5.32 Å². The molecule has 4 nitrogen and oxygen atoms in total. The molecule has 4 bridgehead atoms. The normalized spacial score (nSPS) is 32.1. The van der Waals surface area contributed by atoms with Crippen molar-refractivity contribution < 1.29 is 4.79 Å². The number of carbonyl (C=O) groups excluding carboxylic acids is 1. The highest BCUT2D eigenvalue weighted by Gasteiger charge is 2.50. The third-order valence-electron chi connectivity index (χ3n) is 6.67. The van der Waals surface area contributed by atoms with Crippen molar-refractivity contribution in [3.05, 3.63) is 30.6 Å². The van der Waals surface area contributed by atoms with Gasteiger partial charge in [-0.25, -0.2) is 9.97 Å². The quantitative estimate of drug-likeness (QED) is 0.640. The first-order valence-corrected chi connectivity index (χ1v) is 10.8. The van der Waals surface area contributed by atoms with Gasteiger partial charge in [0.15, 0.2) is 0 Å². The SMILES string of the molecule is O=C(CSc1ncnc2ccccc12)NCC12CC3CC(CC(C3)C1)C2. The molecule has 6 rings (SSSR count). The van der Waals surface area contributed by atoms with Gasteiger partial charge < -0.3 is 5.32 Å². The van der Waals surface area contributed by atoms with Gasteiger partial charge >= 0.3 is 0 Å². The second kappa shape index (κ2) is 6.52. The largest absolute Gasteiger partial charge is 0.355 e. The van der Waals surface area contributed by atoms with Crippen molar-refractivity contribution in [1.82, 2.24) is 15.3 Å². The van der Waals surface area contributed by atoms with Gasteiger partial charge in [-0.1, -0.05) is 30.0 Å². The molecule has 4 aliphatic rings. The maximum atomic E-state index is 12.5. The number of para-hydroxylation sites is 1. The van der Waals surface area contributed by atoms with Gasteiger partial charge in [-0.05, 0) is 67.8 Å². The van der Waals surface area contributed by atoms with E-state index in [9.17, 15) is 4.79 Å². The standard InChI is InChI=1S/C21H25N3OS/c25-19(11-26-20-17-3-1-2-4-18(17)23-13-24-20)22-12-21-8-14-5-15(9-21)7-16(6-14)10-21/h1-4,13-16H,5-12H2,(H,22,25). The van der Waals surface area contributed by atoms with Crippen LogP contribution in [0.5, 0.6) is 0 Å². The number of fused-ring (bicyclic) bond motifs is 1. The lowest BCUT2D eigenvalue weighted by atomic mass is 9.49. The summed E-state index contributed by atoms with van der Waals surface area (Å²) in [6.07, 6.45) is 9.93. The fourth-order valence-electron chi connectivity index (χ4n) is 6.07. The Balaban J connectivity index is 1.19. The van der Waals surface area contributed by atoms with Gasteiger partial charge in [0.1, 0.15) is 11.4 Å². The number of hydrogen-bond donors (Lipinski definition) is 1. The minimum absolute atomic E-state index is 0.133. The smallest absolute Gasteiger partial charge is 0.230 e. The Morgan fingerprint density at radius 2 is 1.77 bits per heavy atom. The van der Waals surface area contributed by atoms with E-state index in [1.807, 2.05) is 24.3 Å². The highest BCUT2D eigenvalue weighted by molar-refractivity contribution is 8.00. The highest BCUT2D eigenvalue weighted by Crippen LogP contribution is 2.59. The number of carbonyl (C=O) groups is 1. The molecule has 4 fully saturated rings. The van der Waals surface area contributed by atoms with Crippen LogP contribution >= 0.6 is 11.8 Å². The van der Waals surface area contributed by atoms with E-state index in [-0.39, 0.29) is 5.91 Å². The summed E-state index contributed by atoms with van der Waals surface area (Å²) < 4.78 is 0. The summed E-state index contributed by atoms with van der Waals surface area (Å²) >= 11 is 1.51. The van der Waals surface area contributed by atoms with E-state index in [0.29, 0.717) is 11.2 Å². The summed E-state index contributed by atoms with van der Waals surface area (Å²) in [5.74, 6) is 3.35. The van der Waals surface area contributed by atoms with Crippen LogP contribution in [0.2, 0.25) is 0 Å². The summed E-state index contributed by atoms with van der Waals surface area (Å²) in [5.41, 5.74) is 1.33. The van der Waals surface area contributed by atoms with E-state index < -0.39 is 0 Å². The molecule has 1 heterocycles. The van der Waals surface area contributed by atoms with Gasteiger partial charge in [-0.3, -0.25) is 4.79 Å². The van der Waals surface area contributed by atoms with Crippen molar-refractivity contribution in [3.63, 3.8) is 0 Å². The van der Waals surface area contributed by atoms with Gasteiger partial charge in [0.2, 0.25) is 5.91 Å². The summed E-state index contributed by atoms with van der Waals surface area (Å²) in [7, 11) is 0. The Morgan fingerprint density at radius 1 is 1.08 bits per heavy atom. The predicted molar refractivity (Wildman–Crippen MR) is 104 cm³/mol. The van der Waals surface area contributed by atoms with Crippen molar-refractivity contribution in [1.29, 1.82) is 0 Å². The van der Waals surface area contributed by atoms with E-state index in [1.165, 1.54) is 50.3 Å². The number of nitrogens with one attached hydrogen (secondary N) is 1. The zero-order valence-corrected chi connectivity index (χ0v) is 15.8. The first-order valence-electron chi connectivity index (χ1n) is 9.78. The van der Waals surface area contributed by atoms with Crippen LogP contribution in [0.25, 0.3) is 10.9 Å². The van der Waals surface area contributed by atoms with E-state index >= 15 is 0 Å². The maximum absolute atomic E-state index is 12.5. The molecule has 1 amide bonds. The van der Waals surface area contributed by atoms with Gasteiger partial charge in [-0.15, -0.1) is 0 Å². The molecule has 1 N–H and O–H groups in total. The van der Waals surface area contributed by atoms with Crippen LogP contribution in [0.1, 0.15) is 38.5 Å². The molecule has 0 spiro atoms. The second-order valence-electron chi connectivity index (χ2n) is 8.68. The minimum Gasteiger partial charge on any atom is -0.355 e. The topological polar surface area (TPSA) is 54.9 Å². The van der Waals surface area contributed by atoms with Gasteiger partial charge in [0.25, 0.3) is 0 Å². The monoisotopic (exact) mass is 367 g/mol. The molecule has 0 radical (unpaired) electrons. The molecule has 1 aromatic carbocycles. The van der Waals surface area contributed by atoms with Crippen molar-refractivity contribution >= 4 is 28.6 Å². The Labute approximate surface area is 158 Å². The molecule has 4 saturated carbocycles. The molecule has 0 atom stereocenters. The molecule has 5 heteroatoms. The molecule has 1 aromatic heterocycles. The Hall–Kier alpha value is -1.62. The van der Waals surface area contributed by atoms with Crippen molar-refractivity contribution in [3.8, 4) is 0 Å². The average Bonchev–Trinajstić information content (AvgIpc) is 2.64. The van der Waals surface area contributed by atoms with Crippen LogP contribution in [0.3, 0.4) is 0 Å². The van der Waals surface area contributed by atoms with Crippen LogP contribution in [-0.4, -0.2) is 28.2 Å². The minimum atomic E-state index is 0.133. The number of aromatic nitrogens is 2. The summed E-state index contributed by atoms with van der Waals surface area (Å²) in [6, 6.07) is 7.96. The van der Waals surface area contributed by atoms with E-state index in [4.69, 9.17) is 0 Å². The second-order valence-corrected chi connectivity index (χ2v) is 9.64. The number of nitrogens with zero attached hydrogens (tertiary/aromatic N) is 2. The summed E-state index contributed by atoms with van der Waals surface area (Å²) in [4.78, 5) is 21.1. The van der Waals surface area contributed by atoms with E-state index in [0.717, 1.165) is 40.2 Å². The lowest BCUT2D eigenvalue weighted by Gasteiger charge is -2.56. The van der Waals surface area contributed by atoms with Crippen molar-refractivity contribution in [2.24, 2.45) is 23.2 Å². The predicted octanol–water partition coefficient (Wildman–Crippen LogP) is 4.05. The lowest BCUT2D eigenvalue weighted by molar-refractivity contribution is -0.120. The van der Waals surface area contributed by atoms with Gasteiger partial charge in [0, 0.05) is 11.9 Å². The third-order valence-corrected chi connectivity index (χ3v) is 7.68. The highest BCUT2D eigenvalue weighted by atomic mass is 32.2. The van der Waals surface area contributed by atoms with Crippen LogP contribution in [0.15, 0.2) is 35.6 Å². The van der Waals surface area contributed by atoms with Crippen molar-refractivity contribution in [2.45, 2.75) is 43.6 Å². The summed E-state index contributed by atoms with van der Waals surface area (Å²) in [6.45, 7) is 0.875. The zero-order valence-electron chi connectivity index (χ0n) is 15.0. The van der Waals surface area contributed by atoms with Crippen LogP contribution in [0, 0.1) is 23.2 Å². The lowest BCUT2D eigenvalue weighted by Crippen LogP contribution is -2.51. The third kappa shape index (κ3) is 3.11. The van der Waals surface area contributed by atoms with Gasteiger partial charge in [0.05, 0.1) is 11.3 Å². The number of hydrogen-bond acceptors (Lipinski definition) is 4. The molecule has 2 aromatic rings. The molecular weight excluding hydrogens is 342 g/mol. The molecule has 26 heavy (non-hydrogen) atoms. The van der Waals surface area contributed by atoms with Crippen molar-refractivity contribution in [2.75, 3.05) is 12.3 Å². The van der Waals surface area contributed by atoms with E-state index in [2.05, 4.69) is 15.3 Å². The number of benzene rings is 1. The Morgan fingerprint density at radius 3 is 2.50 bits per heavy atom. The first-order chi connectivity index (χ1) is 12.7. The molecule has 136 valence electrons. The van der Waals surface area contributed by atoms with Crippen LogP contribution in [0.4, 0.5) is 0 Å². The number of thioether (sulfide) groups is 1. The van der Waals surface area contributed by atoms with E-state index in [1.54, 1.807) is 6.33 Å². The summed E-state index contributed by atoms with van der Waals surface area (Å²) in [5, 5.41) is 5.17. The number of amides is 1. The van der Waals surface area contributed by atoms with Crippen LogP contribution in [-0.2, 0) is 4.79 Å². The number of rotatable bonds is 5.